The summed E-state index contributed by atoms with van der Waals surface area (Å²) in [5.41, 5.74) is 2.01. The van der Waals surface area contributed by atoms with Crippen molar-refractivity contribution in [2.45, 2.75) is 25.4 Å². The van der Waals surface area contributed by atoms with Gasteiger partial charge >= 0.3 is 0 Å². The van der Waals surface area contributed by atoms with E-state index < -0.39 is 0 Å². The first-order valence-corrected chi connectivity index (χ1v) is 6.61. The van der Waals surface area contributed by atoms with Crippen LogP contribution in [0.4, 0.5) is 5.82 Å². The summed E-state index contributed by atoms with van der Waals surface area (Å²) in [6, 6.07) is 6.23. The van der Waals surface area contributed by atoms with E-state index in [0.29, 0.717) is 12.6 Å². The normalized spacial score (nSPS) is 18.4. The summed E-state index contributed by atoms with van der Waals surface area (Å²) in [4.78, 5) is 13.1. The molecule has 98 valence electrons. The first-order chi connectivity index (χ1) is 9.42. The van der Waals surface area contributed by atoms with E-state index in [-0.39, 0.29) is 0 Å². The molecule has 1 atom stereocenters. The predicted octanol–water partition coefficient (Wildman–Crippen LogP) is 1.91. The summed E-state index contributed by atoms with van der Waals surface area (Å²) in [5.74, 6) is 0.803. The van der Waals surface area contributed by atoms with Crippen molar-refractivity contribution in [1.29, 1.82) is 0 Å². The third-order valence-electron chi connectivity index (χ3n) is 3.25. The number of rotatable bonds is 4. The van der Waals surface area contributed by atoms with Gasteiger partial charge in [0, 0.05) is 6.20 Å². The molecule has 0 radical (unpaired) electrons. The molecule has 1 aliphatic heterocycles. The van der Waals surface area contributed by atoms with Gasteiger partial charge < -0.3 is 10.6 Å². The smallest absolute Gasteiger partial charge is 0.145 e. The minimum atomic E-state index is 0.351. The molecule has 5 heteroatoms. The van der Waals surface area contributed by atoms with E-state index in [2.05, 4.69) is 25.6 Å². The molecule has 2 N–H and O–H groups in total. The molecule has 1 unspecified atom stereocenters. The van der Waals surface area contributed by atoms with Crippen LogP contribution in [0, 0.1) is 0 Å². The number of nitrogens with one attached hydrogen (secondary N) is 2. The Hall–Kier alpha value is -2.01. The van der Waals surface area contributed by atoms with Crippen molar-refractivity contribution in [1.82, 2.24) is 20.3 Å². The predicted molar refractivity (Wildman–Crippen MR) is 73.6 cm³/mol. The highest BCUT2D eigenvalue weighted by atomic mass is 15.0. The quantitative estimate of drug-likeness (QED) is 0.873. The SMILES string of the molecule is c1ccc(CNc2cncc(C3CCCN3)n2)nc1. The van der Waals surface area contributed by atoms with Gasteiger partial charge in [-0.3, -0.25) is 9.97 Å². The fourth-order valence-electron chi connectivity index (χ4n) is 2.25. The van der Waals surface area contributed by atoms with Crippen molar-refractivity contribution in [3.05, 3.63) is 48.2 Å². The van der Waals surface area contributed by atoms with Gasteiger partial charge in [-0.15, -0.1) is 0 Å². The van der Waals surface area contributed by atoms with Crippen LogP contribution in [0.1, 0.15) is 30.3 Å². The molecule has 3 heterocycles. The lowest BCUT2D eigenvalue weighted by atomic mass is 10.2. The second kappa shape index (κ2) is 5.75. The Morgan fingerprint density at radius 1 is 1.32 bits per heavy atom. The first kappa shape index (κ1) is 12.0. The Kier molecular flexibility index (Phi) is 3.65. The Bertz CT molecular complexity index is 522. The maximum atomic E-state index is 4.61. The molecule has 2 aromatic rings. The van der Waals surface area contributed by atoms with E-state index in [1.807, 2.05) is 24.4 Å². The molecular formula is C14H17N5. The molecule has 1 fully saturated rings. The third kappa shape index (κ3) is 3.06. The van der Waals surface area contributed by atoms with Gasteiger partial charge in [-0.1, -0.05) is 6.07 Å². The van der Waals surface area contributed by atoms with Gasteiger partial charge in [-0.25, -0.2) is 4.98 Å². The second-order valence-electron chi connectivity index (χ2n) is 4.65. The molecule has 0 spiro atoms. The highest BCUT2D eigenvalue weighted by Gasteiger charge is 2.17. The van der Waals surface area contributed by atoms with Crippen molar-refractivity contribution in [2.75, 3.05) is 11.9 Å². The Balaban J connectivity index is 1.66. The molecule has 0 saturated carbocycles. The second-order valence-corrected chi connectivity index (χ2v) is 4.65. The van der Waals surface area contributed by atoms with E-state index in [1.165, 1.54) is 6.42 Å². The van der Waals surface area contributed by atoms with Crippen LogP contribution in [0.15, 0.2) is 36.8 Å². The minimum Gasteiger partial charge on any atom is -0.363 e. The van der Waals surface area contributed by atoms with Gasteiger partial charge in [0.25, 0.3) is 0 Å². The lowest BCUT2D eigenvalue weighted by molar-refractivity contribution is 0.625. The van der Waals surface area contributed by atoms with Crippen LogP contribution in [0.5, 0.6) is 0 Å². The summed E-state index contributed by atoms with van der Waals surface area (Å²) in [5, 5.41) is 6.69. The minimum absolute atomic E-state index is 0.351. The van der Waals surface area contributed by atoms with Crippen LogP contribution in [0.3, 0.4) is 0 Å². The van der Waals surface area contributed by atoms with Crippen molar-refractivity contribution in [3.63, 3.8) is 0 Å². The number of aromatic nitrogens is 3. The summed E-state index contributed by atoms with van der Waals surface area (Å²) in [6.07, 6.45) is 7.73. The lowest BCUT2D eigenvalue weighted by Crippen LogP contribution is -2.15. The van der Waals surface area contributed by atoms with Gasteiger partial charge in [0.1, 0.15) is 5.82 Å². The molecule has 19 heavy (non-hydrogen) atoms. The largest absolute Gasteiger partial charge is 0.363 e. The molecule has 5 nitrogen and oxygen atoms in total. The maximum Gasteiger partial charge on any atom is 0.145 e. The zero-order valence-electron chi connectivity index (χ0n) is 10.7. The van der Waals surface area contributed by atoms with E-state index in [1.54, 1.807) is 12.4 Å². The summed E-state index contributed by atoms with van der Waals surface area (Å²) < 4.78 is 0. The Labute approximate surface area is 112 Å². The standard InChI is InChI=1S/C14H17N5/c1-2-6-16-11(4-1)8-18-14-10-15-9-13(19-14)12-5-3-7-17-12/h1-2,4,6,9-10,12,17H,3,5,7-8H2,(H,18,19). The molecule has 0 amide bonds. The molecule has 0 bridgehead atoms. The highest BCUT2D eigenvalue weighted by Crippen LogP contribution is 2.21. The fourth-order valence-corrected chi connectivity index (χ4v) is 2.25. The zero-order valence-corrected chi connectivity index (χ0v) is 10.7. The lowest BCUT2D eigenvalue weighted by Gasteiger charge is -2.11. The molecule has 1 saturated heterocycles. The van der Waals surface area contributed by atoms with Gasteiger partial charge in [0.05, 0.1) is 36.4 Å². The van der Waals surface area contributed by atoms with Crippen LogP contribution in [0.25, 0.3) is 0 Å². The van der Waals surface area contributed by atoms with Crippen LogP contribution < -0.4 is 10.6 Å². The van der Waals surface area contributed by atoms with Crippen molar-refractivity contribution >= 4 is 5.82 Å². The monoisotopic (exact) mass is 255 g/mol. The van der Waals surface area contributed by atoms with E-state index in [9.17, 15) is 0 Å². The molecule has 0 aliphatic carbocycles. The average Bonchev–Trinajstić information content (AvgIpc) is 3.01. The first-order valence-electron chi connectivity index (χ1n) is 6.61. The number of hydrogen-bond donors (Lipinski definition) is 2. The van der Waals surface area contributed by atoms with E-state index in [4.69, 9.17) is 0 Å². The zero-order chi connectivity index (χ0) is 12.9. The Morgan fingerprint density at radius 3 is 3.11 bits per heavy atom. The number of hydrogen-bond acceptors (Lipinski definition) is 5. The van der Waals surface area contributed by atoms with Gasteiger partial charge in [0.2, 0.25) is 0 Å². The fraction of sp³-hybridized carbons (Fsp3) is 0.357. The topological polar surface area (TPSA) is 62.7 Å². The number of anilines is 1. The van der Waals surface area contributed by atoms with Gasteiger partial charge in [-0.2, -0.15) is 0 Å². The van der Waals surface area contributed by atoms with E-state index in [0.717, 1.165) is 30.2 Å². The maximum absolute atomic E-state index is 4.61. The van der Waals surface area contributed by atoms with Crippen LogP contribution in [-0.2, 0) is 6.54 Å². The molecule has 2 aromatic heterocycles. The summed E-state index contributed by atoms with van der Waals surface area (Å²) in [7, 11) is 0. The molecule has 1 aliphatic rings. The van der Waals surface area contributed by atoms with Crippen LogP contribution in [-0.4, -0.2) is 21.5 Å². The third-order valence-corrected chi connectivity index (χ3v) is 3.25. The molecule has 3 rings (SSSR count). The van der Waals surface area contributed by atoms with E-state index >= 15 is 0 Å². The Morgan fingerprint density at radius 2 is 2.32 bits per heavy atom. The summed E-state index contributed by atoms with van der Waals surface area (Å²) >= 11 is 0. The number of pyridine rings is 1. The van der Waals surface area contributed by atoms with Crippen molar-refractivity contribution < 1.29 is 0 Å². The van der Waals surface area contributed by atoms with Crippen molar-refractivity contribution in [2.24, 2.45) is 0 Å². The van der Waals surface area contributed by atoms with Gasteiger partial charge in [0.15, 0.2) is 0 Å². The molecular weight excluding hydrogens is 238 g/mol. The van der Waals surface area contributed by atoms with Gasteiger partial charge in [-0.05, 0) is 31.5 Å². The average molecular weight is 255 g/mol. The van der Waals surface area contributed by atoms with Crippen LogP contribution >= 0.6 is 0 Å². The summed E-state index contributed by atoms with van der Waals surface area (Å²) in [6.45, 7) is 1.73. The van der Waals surface area contributed by atoms with Crippen LogP contribution in [0.2, 0.25) is 0 Å². The van der Waals surface area contributed by atoms with Crippen molar-refractivity contribution in [3.8, 4) is 0 Å². The number of nitrogens with zero attached hydrogens (tertiary/aromatic N) is 3. The highest BCUT2D eigenvalue weighted by molar-refractivity contribution is 5.33. The molecule has 0 aromatic carbocycles.